The minimum atomic E-state index is -0.169. The smallest absolute Gasteiger partial charge is 0.236 e. The van der Waals surface area contributed by atoms with Gasteiger partial charge >= 0.3 is 0 Å². The predicted molar refractivity (Wildman–Crippen MR) is 138 cm³/mol. The molecule has 0 aliphatic carbocycles. The van der Waals surface area contributed by atoms with Gasteiger partial charge in [-0.25, -0.2) is 4.39 Å². The number of halogens is 2. The summed E-state index contributed by atoms with van der Waals surface area (Å²) in [7, 11) is 5.66. The number of likely N-dealkylation sites (tertiary alicyclic amines) is 1. The second kappa shape index (κ2) is 13.3. The number of hydrogen-bond acceptors (Lipinski definition) is 4. The first-order chi connectivity index (χ1) is 15.0. The molecule has 180 valence electrons. The Bertz CT molecular complexity index is 761. The SMILES string of the molecule is CN=C(NCc1ccc(F)c(CN(C)C)c1)N1CCN(CC(=O)N2CCCCC2)CC1.I. The van der Waals surface area contributed by atoms with E-state index in [1.54, 1.807) is 7.05 Å². The summed E-state index contributed by atoms with van der Waals surface area (Å²) in [6, 6.07) is 5.27. The summed E-state index contributed by atoms with van der Waals surface area (Å²) in [4.78, 5) is 25.4. The molecule has 0 unspecified atom stereocenters. The summed E-state index contributed by atoms with van der Waals surface area (Å²) in [6.45, 7) is 6.89. The topological polar surface area (TPSA) is 54.4 Å². The van der Waals surface area contributed by atoms with Crippen LogP contribution in [0.3, 0.4) is 0 Å². The van der Waals surface area contributed by atoms with Crippen LogP contribution in [0, 0.1) is 5.82 Å². The highest BCUT2D eigenvalue weighted by Gasteiger charge is 2.24. The molecular weight excluding hydrogens is 522 g/mol. The van der Waals surface area contributed by atoms with Crippen LogP contribution in [0.1, 0.15) is 30.4 Å². The van der Waals surface area contributed by atoms with Crippen LogP contribution in [0.5, 0.6) is 0 Å². The van der Waals surface area contributed by atoms with Gasteiger partial charge in [-0.1, -0.05) is 6.07 Å². The number of rotatable bonds is 6. The normalized spacial score (nSPS) is 18.0. The molecule has 0 saturated carbocycles. The lowest BCUT2D eigenvalue weighted by Gasteiger charge is -2.37. The molecule has 2 aliphatic rings. The fraction of sp³-hybridized carbons (Fsp3) is 0.652. The maximum Gasteiger partial charge on any atom is 0.236 e. The Morgan fingerprint density at radius 2 is 1.75 bits per heavy atom. The van der Waals surface area contributed by atoms with Gasteiger partial charge in [-0.2, -0.15) is 0 Å². The Balaban J connectivity index is 0.00000363. The van der Waals surface area contributed by atoms with Crippen LogP contribution in [0.15, 0.2) is 23.2 Å². The molecule has 0 atom stereocenters. The summed E-state index contributed by atoms with van der Waals surface area (Å²) >= 11 is 0. The Morgan fingerprint density at radius 1 is 1.06 bits per heavy atom. The number of benzene rings is 1. The second-order valence-corrected chi connectivity index (χ2v) is 8.77. The molecular formula is C23H38FIN6O. The zero-order valence-corrected chi connectivity index (χ0v) is 22.0. The second-order valence-electron chi connectivity index (χ2n) is 8.77. The third-order valence-electron chi connectivity index (χ3n) is 6.00. The molecule has 0 spiro atoms. The van der Waals surface area contributed by atoms with Crippen molar-refractivity contribution in [3.63, 3.8) is 0 Å². The van der Waals surface area contributed by atoms with Crippen molar-refractivity contribution in [2.75, 3.05) is 67.0 Å². The quantitative estimate of drug-likeness (QED) is 0.329. The van der Waals surface area contributed by atoms with Gasteiger partial charge in [0.1, 0.15) is 5.82 Å². The van der Waals surface area contributed by atoms with E-state index < -0.39 is 0 Å². The van der Waals surface area contributed by atoms with Crippen LogP contribution in [-0.4, -0.2) is 98.4 Å². The highest BCUT2D eigenvalue weighted by molar-refractivity contribution is 14.0. The fourth-order valence-electron chi connectivity index (χ4n) is 4.27. The highest BCUT2D eigenvalue weighted by atomic mass is 127. The highest BCUT2D eigenvalue weighted by Crippen LogP contribution is 2.13. The standard InChI is InChI=1S/C23H37FN6O.HI/c1-25-23(26-16-19-7-8-21(24)20(15-19)17-27(2)3)30-13-11-28(12-14-30)18-22(31)29-9-5-4-6-10-29;/h7-8,15H,4-6,9-14,16-18H2,1-3H3,(H,25,26);1H. The van der Waals surface area contributed by atoms with Crippen molar-refractivity contribution < 1.29 is 9.18 Å². The lowest BCUT2D eigenvalue weighted by molar-refractivity contribution is -0.133. The summed E-state index contributed by atoms with van der Waals surface area (Å²) in [5.41, 5.74) is 1.73. The van der Waals surface area contributed by atoms with Crippen molar-refractivity contribution in [1.29, 1.82) is 0 Å². The van der Waals surface area contributed by atoms with Gasteiger partial charge in [-0.05, 0) is 51.1 Å². The number of guanidine groups is 1. The van der Waals surface area contributed by atoms with E-state index in [2.05, 4.69) is 20.1 Å². The zero-order chi connectivity index (χ0) is 22.2. The minimum Gasteiger partial charge on any atom is -0.352 e. The number of nitrogens with zero attached hydrogens (tertiary/aromatic N) is 5. The number of piperidine rings is 1. The molecule has 1 aromatic carbocycles. The van der Waals surface area contributed by atoms with E-state index in [4.69, 9.17) is 0 Å². The van der Waals surface area contributed by atoms with E-state index >= 15 is 0 Å². The van der Waals surface area contributed by atoms with Gasteiger partial charge in [0.2, 0.25) is 5.91 Å². The van der Waals surface area contributed by atoms with E-state index in [0.29, 0.717) is 25.2 Å². The first-order valence-corrected chi connectivity index (χ1v) is 11.3. The van der Waals surface area contributed by atoms with Crippen LogP contribution in [0.4, 0.5) is 4.39 Å². The van der Waals surface area contributed by atoms with Crippen LogP contribution in [0.25, 0.3) is 0 Å². The molecule has 9 heteroatoms. The van der Waals surface area contributed by atoms with Crippen molar-refractivity contribution in [2.45, 2.75) is 32.4 Å². The van der Waals surface area contributed by atoms with Crippen LogP contribution in [-0.2, 0) is 17.9 Å². The molecule has 32 heavy (non-hydrogen) atoms. The monoisotopic (exact) mass is 560 g/mol. The number of aliphatic imine (C=N–C) groups is 1. The van der Waals surface area contributed by atoms with E-state index in [9.17, 15) is 9.18 Å². The van der Waals surface area contributed by atoms with E-state index in [1.807, 2.05) is 36.0 Å². The summed E-state index contributed by atoms with van der Waals surface area (Å²) in [5, 5.41) is 3.41. The van der Waals surface area contributed by atoms with E-state index in [0.717, 1.165) is 63.6 Å². The molecule has 3 rings (SSSR count). The van der Waals surface area contributed by atoms with Crippen molar-refractivity contribution in [1.82, 2.24) is 24.9 Å². The average molecular weight is 561 g/mol. The van der Waals surface area contributed by atoms with Gasteiger partial charge in [-0.15, -0.1) is 24.0 Å². The first kappa shape index (κ1) is 26.8. The Morgan fingerprint density at radius 3 is 2.38 bits per heavy atom. The third kappa shape index (κ3) is 7.84. The first-order valence-electron chi connectivity index (χ1n) is 11.3. The van der Waals surface area contributed by atoms with Crippen molar-refractivity contribution in [2.24, 2.45) is 4.99 Å². The van der Waals surface area contributed by atoms with Gasteiger partial charge in [-0.3, -0.25) is 14.7 Å². The predicted octanol–water partition coefficient (Wildman–Crippen LogP) is 2.21. The molecule has 0 bridgehead atoms. The summed E-state index contributed by atoms with van der Waals surface area (Å²) < 4.78 is 14.0. The van der Waals surface area contributed by atoms with E-state index in [1.165, 1.54) is 12.5 Å². The molecule has 7 nitrogen and oxygen atoms in total. The maximum atomic E-state index is 14.0. The van der Waals surface area contributed by atoms with Gasteiger partial charge in [0.15, 0.2) is 5.96 Å². The average Bonchev–Trinajstić information content (AvgIpc) is 2.77. The molecule has 1 aromatic rings. The van der Waals surface area contributed by atoms with Crippen LogP contribution >= 0.6 is 24.0 Å². The molecule has 1 amide bonds. The summed E-state index contributed by atoms with van der Waals surface area (Å²) in [6.07, 6.45) is 3.50. The maximum absolute atomic E-state index is 14.0. The number of hydrogen-bond donors (Lipinski definition) is 1. The number of nitrogens with one attached hydrogen (secondary N) is 1. The van der Waals surface area contributed by atoms with Crippen LogP contribution in [0.2, 0.25) is 0 Å². The third-order valence-corrected chi connectivity index (χ3v) is 6.00. The largest absolute Gasteiger partial charge is 0.352 e. The van der Waals surface area contributed by atoms with Gasteiger partial charge in [0.05, 0.1) is 6.54 Å². The molecule has 0 radical (unpaired) electrons. The summed E-state index contributed by atoms with van der Waals surface area (Å²) in [5.74, 6) is 0.943. The Hall–Kier alpha value is -1.46. The van der Waals surface area contributed by atoms with Crippen LogP contribution < -0.4 is 5.32 Å². The van der Waals surface area contributed by atoms with Gasteiger partial charge in [0.25, 0.3) is 0 Å². The zero-order valence-electron chi connectivity index (χ0n) is 19.6. The molecule has 0 aromatic heterocycles. The lowest BCUT2D eigenvalue weighted by Crippen LogP contribution is -2.54. The molecule has 2 fully saturated rings. The van der Waals surface area contributed by atoms with Gasteiger partial charge in [0, 0.05) is 65.0 Å². The van der Waals surface area contributed by atoms with Crippen molar-refractivity contribution in [3.8, 4) is 0 Å². The number of amides is 1. The molecule has 2 saturated heterocycles. The van der Waals surface area contributed by atoms with Crippen molar-refractivity contribution in [3.05, 3.63) is 35.1 Å². The van der Waals surface area contributed by atoms with Crippen molar-refractivity contribution >= 4 is 35.8 Å². The lowest BCUT2D eigenvalue weighted by atomic mass is 10.1. The number of carbonyl (C=O) groups is 1. The van der Waals surface area contributed by atoms with Gasteiger partial charge < -0.3 is 20.0 Å². The Labute approximate surface area is 209 Å². The molecule has 1 N–H and O–H groups in total. The fourth-order valence-corrected chi connectivity index (χ4v) is 4.27. The molecule has 2 aliphatic heterocycles. The Kier molecular flexibility index (Phi) is 11.1. The van der Waals surface area contributed by atoms with E-state index in [-0.39, 0.29) is 35.7 Å². The molecule has 2 heterocycles. The minimum absolute atomic E-state index is 0. The number of piperazine rings is 1. The number of carbonyl (C=O) groups excluding carboxylic acids is 1.